The lowest BCUT2D eigenvalue weighted by atomic mass is 9.98. The summed E-state index contributed by atoms with van der Waals surface area (Å²) in [6.45, 7) is 0.459. The third-order valence-corrected chi connectivity index (χ3v) is 4.05. The van der Waals surface area contributed by atoms with E-state index in [4.69, 9.17) is 23.2 Å². The second-order valence-electron chi connectivity index (χ2n) is 4.97. The lowest BCUT2D eigenvalue weighted by Crippen LogP contribution is -2.36. The molecule has 0 aliphatic carbocycles. The van der Waals surface area contributed by atoms with Crippen molar-refractivity contribution in [1.82, 2.24) is 0 Å². The maximum Gasteiger partial charge on any atom is 0.258 e. The van der Waals surface area contributed by atoms with Gasteiger partial charge in [-0.25, -0.2) is 0 Å². The largest absolute Gasteiger partial charge is 0.388 e. The van der Waals surface area contributed by atoms with Crippen molar-refractivity contribution >= 4 is 34.8 Å². The van der Waals surface area contributed by atoms with Gasteiger partial charge < -0.3 is 10.0 Å². The lowest BCUT2D eigenvalue weighted by molar-refractivity contribution is 0.0970. The highest BCUT2D eigenvalue weighted by Crippen LogP contribution is 2.36. The van der Waals surface area contributed by atoms with Crippen LogP contribution in [0.1, 0.15) is 28.4 Å². The minimum absolute atomic E-state index is 0.132. The van der Waals surface area contributed by atoms with Crippen molar-refractivity contribution in [1.29, 1.82) is 0 Å². The Morgan fingerprint density at radius 2 is 1.90 bits per heavy atom. The number of benzene rings is 2. The summed E-state index contributed by atoms with van der Waals surface area (Å²) in [6.07, 6.45) is -0.110. The highest BCUT2D eigenvalue weighted by molar-refractivity contribution is 6.31. The molecule has 1 amide bonds. The molecule has 2 aromatic carbocycles. The molecule has 1 aliphatic heterocycles. The third kappa shape index (κ3) is 2.77. The van der Waals surface area contributed by atoms with Gasteiger partial charge in [-0.2, -0.15) is 0 Å². The molecule has 0 fully saturated rings. The number of hydrogen-bond acceptors (Lipinski definition) is 2. The van der Waals surface area contributed by atoms with Crippen LogP contribution in [0.25, 0.3) is 0 Å². The molecule has 1 aliphatic rings. The number of hydrogen-bond donors (Lipinski definition) is 1. The number of anilines is 1. The molecule has 0 bridgehead atoms. The summed E-state index contributed by atoms with van der Waals surface area (Å²) >= 11 is 11.9. The molecule has 0 spiro atoms. The van der Waals surface area contributed by atoms with E-state index in [2.05, 4.69) is 0 Å². The summed E-state index contributed by atoms with van der Waals surface area (Å²) in [5.41, 5.74) is 1.91. The molecule has 1 heterocycles. The van der Waals surface area contributed by atoms with Crippen LogP contribution in [0.3, 0.4) is 0 Å². The topological polar surface area (TPSA) is 40.5 Å². The Balaban J connectivity index is 2.01. The first-order valence-electron chi connectivity index (χ1n) is 6.61. The average molecular weight is 322 g/mol. The van der Waals surface area contributed by atoms with Gasteiger partial charge in [-0.05, 0) is 42.8 Å². The van der Waals surface area contributed by atoms with Crippen LogP contribution in [0.15, 0.2) is 42.5 Å². The molecule has 3 rings (SSSR count). The van der Waals surface area contributed by atoms with Crippen LogP contribution in [0.5, 0.6) is 0 Å². The summed E-state index contributed by atoms with van der Waals surface area (Å²) in [6, 6.07) is 12.0. The van der Waals surface area contributed by atoms with Crippen molar-refractivity contribution in [3.63, 3.8) is 0 Å². The highest BCUT2D eigenvalue weighted by Gasteiger charge is 2.28. The fourth-order valence-corrected chi connectivity index (χ4v) is 2.92. The number of carbonyl (C=O) groups excluding carboxylic acids is 1. The molecule has 1 unspecified atom stereocenters. The predicted molar refractivity (Wildman–Crippen MR) is 84.2 cm³/mol. The minimum Gasteiger partial charge on any atom is -0.388 e. The van der Waals surface area contributed by atoms with Gasteiger partial charge in [0.15, 0.2) is 0 Å². The third-order valence-electron chi connectivity index (χ3n) is 3.58. The van der Waals surface area contributed by atoms with E-state index in [1.54, 1.807) is 47.4 Å². The van der Waals surface area contributed by atoms with E-state index in [-0.39, 0.29) is 5.91 Å². The Kier molecular flexibility index (Phi) is 3.89. The fraction of sp³-hybridized carbons (Fsp3) is 0.188. The summed E-state index contributed by atoms with van der Waals surface area (Å²) in [5, 5.41) is 11.2. The number of aliphatic hydroxyl groups excluding tert-OH is 1. The second kappa shape index (κ2) is 5.68. The van der Waals surface area contributed by atoms with Crippen molar-refractivity contribution in [2.75, 3.05) is 11.4 Å². The molecule has 3 nitrogen and oxygen atoms in total. The Bertz CT molecular complexity index is 702. The molecular weight excluding hydrogens is 309 g/mol. The number of amides is 1. The van der Waals surface area contributed by atoms with Crippen LogP contribution in [0.4, 0.5) is 5.69 Å². The molecular formula is C16H13Cl2NO2. The zero-order valence-electron chi connectivity index (χ0n) is 11.1. The van der Waals surface area contributed by atoms with Crippen LogP contribution in [-0.4, -0.2) is 17.6 Å². The number of nitrogens with zero attached hydrogens (tertiary/aromatic N) is 1. The Morgan fingerprint density at radius 1 is 1.14 bits per heavy atom. The van der Waals surface area contributed by atoms with Crippen molar-refractivity contribution in [2.45, 2.75) is 12.5 Å². The van der Waals surface area contributed by atoms with E-state index in [1.807, 2.05) is 0 Å². The molecule has 2 aromatic rings. The first kappa shape index (κ1) is 14.4. The van der Waals surface area contributed by atoms with E-state index in [0.29, 0.717) is 39.8 Å². The van der Waals surface area contributed by atoms with Gasteiger partial charge in [0.25, 0.3) is 5.91 Å². The van der Waals surface area contributed by atoms with E-state index >= 15 is 0 Å². The maximum absolute atomic E-state index is 12.7. The molecule has 5 heteroatoms. The van der Waals surface area contributed by atoms with Crippen LogP contribution >= 0.6 is 23.2 Å². The smallest absolute Gasteiger partial charge is 0.258 e. The van der Waals surface area contributed by atoms with Gasteiger partial charge >= 0.3 is 0 Å². The second-order valence-corrected chi connectivity index (χ2v) is 5.85. The monoisotopic (exact) mass is 321 g/mol. The van der Waals surface area contributed by atoms with Crippen LogP contribution in [0.2, 0.25) is 10.0 Å². The summed E-state index contributed by atoms with van der Waals surface area (Å²) in [5.74, 6) is -0.132. The molecule has 0 radical (unpaired) electrons. The van der Waals surface area contributed by atoms with E-state index < -0.39 is 6.10 Å². The summed E-state index contributed by atoms with van der Waals surface area (Å²) in [4.78, 5) is 14.3. The van der Waals surface area contributed by atoms with Crippen LogP contribution in [0, 0.1) is 0 Å². The van der Waals surface area contributed by atoms with Gasteiger partial charge in [0, 0.05) is 33.4 Å². The minimum atomic E-state index is -0.595. The van der Waals surface area contributed by atoms with Gasteiger partial charge in [-0.1, -0.05) is 29.3 Å². The van der Waals surface area contributed by atoms with Crippen LogP contribution in [-0.2, 0) is 0 Å². The number of fused-ring (bicyclic) bond motifs is 1. The fourth-order valence-electron chi connectivity index (χ4n) is 2.55. The molecule has 21 heavy (non-hydrogen) atoms. The van der Waals surface area contributed by atoms with Crippen molar-refractivity contribution in [3.05, 3.63) is 63.6 Å². The molecule has 108 valence electrons. The van der Waals surface area contributed by atoms with E-state index in [1.165, 1.54) is 0 Å². The van der Waals surface area contributed by atoms with Gasteiger partial charge in [0.05, 0.1) is 6.10 Å². The first-order valence-corrected chi connectivity index (χ1v) is 7.37. The van der Waals surface area contributed by atoms with E-state index in [9.17, 15) is 9.90 Å². The Hall–Kier alpha value is -1.55. The molecule has 0 saturated carbocycles. The van der Waals surface area contributed by atoms with Gasteiger partial charge in [0.1, 0.15) is 0 Å². The van der Waals surface area contributed by atoms with Gasteiger partial charge in [-0.3, -0.25) is 4.79 Å². The Labute approximate surface area is 132 Å². The Morgan fingerprint density at radius 3 is 2.67 bits per heavy atom. The highest BCUT2D eigenvalue weighted by atomic mass is 35.5. The molecule has 0 aromatic heterocycles. The molecule has 1 N–H and O–H groups in total. The van der Waals surface area contributed by atoms with Crippen molar-refractivity contribution in [2.24, 2.45) is 0 Å². The summed E-state index contributed by atoms with van der Waals surface area (Å²) < 4.78 is 0. The number of rotatable bonds is 1. The standard InChI is InChI=1S/C16H13Cl2NO2/c17-11-3-1-2-10(8-11)16(21)19-7-6-15(20)13-9-12(18)4-5-14(13)19/h1-5,8-9,15,20H,6-7H2. The molecule has 1 atom stereocenters. The van der Waals surface area contributed by atoms with Gasteiger partial charge in [-0.15, -0.1) is 0 Å². The normalized spacial score (nSPS) is 17.5. The number of carbonyl (C=O) groups is 1. The quantitative estimate of drug-likeness (QED) is 0.859. The average Bonchev–Trinajstić information content (AvgIpc) is 2.47. The zero-order chi connectivity index (χ0) is 15.0. The van der Waals surface area contributed by atoms with Crippen molar-refractivity contribution in [3.8, 4) is 0 Å². The summed E-state index contributed by atoms with van der Waals surface area (Å²) in [7, 11) is 0. The lowest BCUT2D eigenvalue weighted by Gasteiger charge is -2.32. The SMILES string of the molecule is O=C(c1cccc(Cl)c1)N1CCC(O)c2cc(Cl)ccc21. The maximum atomic E-state index is 12.7. The van der Waals surface area contributed by atoms with Crippen LogP contribution < -0.4 is 4.90 Å². The number of aliphatic hydroxyl groups is 1. The number of halogens is 2. The van der Waals surface area contributed by atoms with Crippen molar-refractivity contribution < 1.29 is 9.90 Å². The first-order chi connectivity index (χ1) is 10.1. The van der Waals surface area contributed by atoms with E-state index in [0.717, 1.165) is 0 Å². The molecule has 0 saturated heterocycles. The van der Waals surface area contributed by atoms with Gasteiger partial charge in [0.2, 0.25) is 0 Å². The zero-order valence-corrected chi connectivity index (χ0v) is 12.6. The predicted octanol–water partition coefficient (Wildman–Crippen LogP) is 4.08.